The van der Waals surface area contributed by atoms with E-state index in [0.29, 0.717) is 17.6 Å². The van der Waals surface area contributed by atoms with Gasteiger partial charge < -0.3 is 20.1 Å². The second-order valence-corrected chi connectivity index (χ2v) is 9.28. The molecule has 0 aromatic heterocycles. The molecule has 0 saturated carbocycles. The molecule has 2 heterocycles. The molecule has 2 aliphatic heterocycles. The molecule has 2 saturated heterocycles. The van der Waals surface area contributed by atoms with Crippen LogP contribution in [0.1, 0.15) is 46.5 Å². The van der Waals surface area contributed by atoms with Crippen LogP contribution in [0.25, 0.3) is 0 Å². The van der Waals surface area contributed by atoms with Crippen molar-refractivity contribution in [1.29, 1.82) is 0 Å². The maximum absolute atomic E-state index is 12.1. The number of hydrogen-bond acceptors (Lipinski definition) is 6. The van der Waals surface area contributed by atoms with Gasteiger partial charge in [-0.3, -0.25) is 9.69 Å². The summed E-state index contributed by atoms with van der Waals surface area (Å²) in [5.74, 6) is 0.629. The van der Waals surface area contributed by atoms with Crippen LogP contribution >= 0.6 is 0 Å². The Kier molecular flexibility index (Phi) is 6.08. The number of carbonyl (C=O) groups is 1. The standard InChI is InChI=1S/C22H35N3O3/c1-21(2,3)28-20(26)16-24-11-7-22(8-12-24)9-13-25(14-10-22)17-5-6-18(23)19(15-17)27-4/h5-6,15H,7-14,16,23H2,1-4H3. The van der Waals surface area contributed by atoms with Gasteiger partial charge in [0.25, 0.3) is 0 Å². The van der Waals surface area contributed by atoms with Gasteiger partial charge in [0, 0.05) is 24.8 Å². The van der Waals surface area contributed by atoms with Crippen LogP contribution in [-0.4, -0.2) is 56.3 Å². The minimum atomic E-state index is -0.411. The molecule has 2 N–H and O–H groups in total. The topological polar surface area (TPSA) is 68.0 Å². The summed E-state index contributed by atoms with van der Waals surface area (Å²) in [5, 5.41) is 0. The van der Waals surface area contributed by atoms with Crippen molar-refractivity contribution < 1.29 is 14.3 Å². The van der Waals surface area contributed by atoms with E-state index in [9.17, 15) is 4.79 Å². The molecule has 1 spiro atoms. The lowest BCUT2D eigenvalue weighted by Crippen LogP contribution is -2.48. The molecule has 0 radical (unpaired) electrons. The predicted octanol–water partition coefficient (Wildman–Crippen LogP) is 3.30. The fourth-order valence-corrected chi connectivity index (χ4v) is 4.38. The highest BCUT2D eigenvalue weighted by Crippen LogP contribution is 2.42. The van der Waals surface area contributed by atoms with Gasteiger partial charge in [0.15, 0.2) is 0 Å². The number of nitrogens with zero attached hydrogens (tertiary/aromatic N) is 2. The van der Waals surface area contributed by atoms with Crippen LogP contribution in [0.4, 0.5) is 11.4 Å². The van der Waals surface area contributed by atoms with Crippen molar-refractivity contribution in [2.24, 2.45) is 5.41 Å². The van der Waals surface area contributed by atoms with E-state index in [-0.39, 0.29) is 5.97 Å². The number of piperidine rings is 2. The van der Waals surface area contributed by atoms with Gasteiger partial charge in [0.1, 0.15) is 11.4 Å². The number of nitrogens with two attached hydrogens (primary N) is 1. The van der Waals surface area contributed by atoms with Gasteiger partial charge in [-0.25, -0.2) is 0 Å². The van der Waals surface area contributed by atoms with Crippen LogP contribution in [0.3, 0.4) is 0 Å². The predicted molar refractivity (Wildman–Crippen MR) is 113 cm³/mol. The van der Waals surface area contributed by atoms with E-state index >= 15 is 0 Å². The monoisotopic (exact) mass is 389 g/mol. The zero-order valence-electron chi connectivity index (χ0n) is 17.8. The first-order valence-corrected chi connectivity index (χ1v) is 10.3. The van der Waals surface area contributed by atoms with Gasteiger partial charge in [-0.05, 0) is 77.1 Å². The van der Waals surface area contributed by atoms with E-state index in [1.165, 1.54) is 18.5 Å². The Morgan fingerprint density at radius 2 is 1.71 bits per heavy atom. The molecular weight excluding hydrogens is 354 g/mol. The van der Waals surface area contributed by atoms with E-state index in [2.05, 4.69) is 15.9 Å². The molecule has 0 bridgehead atoms. The molecule has 6 nitrogen and oxygen atoms in total. The molecule has 156 valence electrons. The first kappa shape index (κ1) is 20.8. The summed E-state index contributed by atoms with van der Waals surface area (Å²) < 4.78 is 10.8. The second kappa shape index (κ2) is 8.19. The van der Waals surface area contributed by atoms with Crippen LogP contribution in [0.2, 0.25) is 0 Å². The molecule has 0 unspecified atom stereocenters. The van der Waals surface area contributed by atoms with Crippen molar-refractivity contribution >= 4 is 17.3 Å². The lowest BCUT2D eigenvalue weighted by atomic mass is 9.71. The summed E-state index contributed by atoms with van der Waals surface area (Å²) in [6.45, 7) is 10.2. The summed E-state index contributed by atoms with van der Waals surface area (Å²) in [5.41, 5.74) is 7.81. The van der Waals surface area contributed by atoms with Crippen molar-refractivity contribution in [3.63, 3.8) is 0 Å². The fraction of sp³-hybridized carbons (Fsp3) is 0.682. The largest absolute Gasteiger partial charge is 0.495 e. The van der Waals surface area contributed by atoms with Crippen LogP contribution in [0, 0.1) is 5.41 Å². The number of benzene rings is 1. The summed E-state index contributed by atoms with van der Waals surface area (Å²) in [6.07, 6.45) is 4.71. The molecule has 0 aliphatic carbocycles. The third-order valence-electron chi connectivity index (χ3n) is 6.10. The van der Waals surface area contributed by atoms with Crippen molar-refractivity contribution in [2.45, 2.75) is 52.1 Å². The van der Waals surface area contributed by atoms with Gasteiger partial charge in [-0.1, -0.05) is 0 Å². The maximum Gasteiger partial charge on any atom is 0.320 e. The lowest BCUT2D eigenvalue weighted by molar-refractivity contribution is -0.156. The number of anilines is 2. The lowest BCUT2D eigenvalue weighted by Gasteiger charge is -2.47. The first-order chi connectivity index (χ1) is 13.2. The fourth-order valence-electron chi connectivity index (χ4n) is 4.38. The Labute approximate surface area is 169 Å². The second-order valence-electron chi connectivity index (χ2n) is 9.28. The van der Waals surface area contributed by atoms with E-state index < -0.39 is 5.60 Å². The highest BCUT2D eigenvalue weighted by atomic mass is 16.6. The van der Waals surface area contributed by atoms with Crippen LogP contribution in [0.5, 0.6) is 5.75 Å². The number of carbonyl (C=O) groups excluding carboxylic acids is 1. The number of nitrogen functional groups attached to an aromatic ring is 1. The minimum Gasteiger partial charge on any atom is -0.495 e. The molecular formula is C22H35N3O3. The zero-order valence-corrected chi connectivity index (χ0v) is 17.8. The van der Waals surface area contributed by atoms with Crippen molar-refractivity contribution in [2.75, 3.05) is 50.5 Å². The summed E-state index contributed by atoms with van der Waals surface area (Å²) in [4.78, 5) is 16.8. The molecule has 0 atom stereocenters. The van der Waals surface area contributed by atoms with Crippen molar-refractivity contribution in [3.8, 4) is 5.75 Å². The molecule has 1 aromatic rings. The SMILES string of the molecule is COc1cc(N2CCC3(CCN(CC(=O)OC(C)(C)C)CC3)CC2)ccc1N. The quantitative estimate of drug-likeness (QED) is 0.629. The van der Waals surface area contributed by atoms with Gasteiger partial charge in [0.2, 0.25) is 0 Å². The van der Waals surface area contributed by atoms with Gasteiger partial charge >= 0.3 is 5.97 Å². The number of rotatable bonds is 4. The molecule has 0 amide bonds. The summed E-state index contributed by atoms with van der Waals surface area (Å²) in [7, 11) is 1.66. The number of methoxy groups -OCH3 is 1. The van der Waals surface area contributed by atoms with Crippen LogP contribution < -0.4 is 15.4 Å². The Morgan fingerprint density at radius 1 is 1.11 bits per heavy atom. The smallest absolute Gasteiger partial charge is 0.320 e. The van der Waals surface area contributed by atoms with E-state index in [4.69, 9.17) is 15.2 Å². The van der Waals surface area contributed by atoms with Gasteiger partial charge in [-0.15, -0.1) is 0 Å². The molecule has 2 fully saturated rings. The van der Waals surface area contributed by atoms with Gasteiger partial charge in [-0.2, -0.15) is 0 Å². The van der Waals surface area contributed by atoms with Crippen LogP contribution in [0.15, 0.2) is 18.2 Å². The molecule has 2 aliphatic rings. The maximum atomic E-state index is 12.1. The van der Waals surface area contributed by atoms with E-state index in [1.54, 1.807) is 7.11 Å². The highest BCUT2D eigenvalue weighted by molar-refractivity contribution is 5.72. The Balaban J connectivity index is 1.49. The normalized spacial score (nSPS) is 20.2. The zero-order chi connectivity index (χ0) is 20.4. The van der Waals surface area contributed by atoms with Crippen LogP contribution in [-0.2, 0) is 9.53 Å². The Hall–Kier alpha value is -1.95. The Bertz CT molecular complexity index is 681. The molecule has 1 aromatic carbocycles. The highest BCUT2D eigenvalue weighted by Gasteiger charge is 2.38. The third kappa shape index (κ3) is 5.10. The Morgan fingerprint density at radius 3 is 2.29 bits per heavy atom. The van der Waals surface area contributed by atoms with E-state index in [0.717, 1.165) is 44.8 Å². The number of likely N-dealkylation sites (tertiary alicyclic amines) is 1. The van der Waals surface area contributed by atoms with E-state index in [1.807, 2.05) is 32.9 Å². The number of hydrogen-bond donors (Lipinski definition) is 1. The molecule has 6 heteroatoms. The average Bonchev–Trinajstić information content (AvgIpc) is 2.63. The summed E-state index contributed by atoms with van der Waals surface area (Å²) in [6, 6.07) is 6.05. The van der Waals surface area contributed by atoms with Gasteiger partial charge in [0.05, 0.1) is 19.3 Å². The minimum absolute atomic E-state index is 0.115. The molecule has 28 heavy (non-hydrogen) atoms. The third-order valence-corrected chi connectivity index (χ3v) is 6.10. The number of ether oxygens (including phenoxy) is 2. The summed E-state index contributed by atoms with van der Waals surface area (Å²) >= 11 is 0. The molecule has 3 rings (SSSR count). The first-order valence-electron chi connectivity index (χ1n) is 10.3. The number of esters is 1. The average molecular weight is 390 g/mol. The van der Waals surface area contributed by atoms with Crippen molar-refractivity contribution in [1.82, 2.24) is 4.90 Å². The van der Waals surface area contributed by atoms with Crippen molar-refractivity contribution in [3.05, 3.63) is 18.2 Å².